The van der Waals surface area contributed by atoms with Gasteiger partial charge < -0.3 is 9.73 Å². The number of rotatable bonds is 4. The monoisotopic (exact) mass is 280 g/mol. The normalized spacial score (nSPS) is 12.5. The van der Waals surface area contributed by atoms with Crippen molar-refractivity contribution in [3.05, 3.63) is 65.1 Å². The maximum atomic E-state index is 12.1. The number of hydrogen-bond donors (Lipinski definition) is 1. The van der Waals surface area contributed by atoms with Gasteiger partial charge in [-0.3, -0.25) is 4.79 Å². The molecule has 4 heteroatoms. The summed E-state index contributed by atoms with van der Waals surface area (Å²) in [6, 6.07) is 14.8. The highest BCUT2D eigenvalue weighted by molar-refractivity contribution is 6.01. The Morgan fingerprint density at radius 1 is 1.29 bits per heavy atom. The van der Waals surface area contributed by atoms with E-state index in [0.717, 1.165) is 11.3 Å². The van der Waals surface area contributed by atoms with Crippen LogP contribution in [-0.2, 0) is 4.79 Å². The molecule has 1 aromatic heterocycles. The van der Waals surface area contributed by atoms with Crippen LogP contribution in [0.5, 0.6) is 0 Å². The van der Waals surface area contributed by atoms with E-state index in [9.17, 15) is 4.79 Å². The number of carbonyl (C=O) groups excluding carboxylic acids is 1. The molecule has 0 aliphatic carbocycles. The molecule has 1 aromatic carbocycles. The number of nitrogens with zero attached hydrogens (tertiary/aromatic N) is 1. The van der Waals surface area contributed by atoms with Crippen LogP contribution >= 0.6 is 0 Å². The molecule has 0 aliphatic heterocycles. The summed E-state index contributed by atoms with van der Waals surface area (Å²) < 4.78 is 5.35. The Bertz CT molecular complexity index is 693. The molecule has 2 aromatic rings. The molecular weight excluding hydrogens is 264 g/mol. The number of amides is 1. The van der Waals surface area contributed by atoms with Crippen molar-refractivity contribution in [1.82, 2.24) is 5.32 Å². The Kier molecular flexibility index (Phi) is 4.57. The van der Waals surface area contributed by atoms with E-state index in [-0.39, 0.29) is 11.6 Å². The van der Waals surface area contributed by atoms with Gasteiger partial charge in [0.25, 0.3) is 5.91 Å². The van der Waals surface area contributed by atoms with Crippen LogP contribution < -0.4 is 5.32 Å². The van der Waals surface area contributed by atoms with E-state index in [1.165, 1.54) is 6.08 Å². The van der Waals surface area contributed by atoms with Crippen molar-refractivity contribution in [1.29, 1.82) is 5.26 Å². The van der Waals surface area contributed by atoms with E-state index in [4.69, 9.17) is 9.68 Å². The first kappa shape index (κ1) is 14.6. The van der Waals surface area contributed by atoms with Gasteiger partial charge in [-0.1, -0.05) is 30.3 Å². The van der Waals surface area contributed by atoms with E-state index in [1.54, 1.807) is 19.1 Å². The van der Waals surface area contributed by atoms with Gasteiger partial charge in [0.05, 0.1) is 6.04 Å². The van der Waals surface area contributed by atoms with Crippen LogP contribution in [0.25, 0.3) is 6.08 Å². The Hall–Kier alpha value is -2.80. The first-order chi connectivity index (χ1) is 10.1. The van der Waals surface area contributed by atoms with Gasteiger partial charge in [-0.25, -0.2) is 0 Å². The molecule has 0 aliphatic rings. The van der Waals surface area contributed by atoms with Crippen LogP contribution in [0.2, 0.25) is 0 Å². The van der Waals surface area contributed by atoms with Gasteiger partial charge in [0, 0.05) is 6.08 Å². The molecule has 0 fully saturated rings. The van der Waals surface area contributed by atoms with Crippen LogP contribution in [0.15, 0.2) is 52.5 Å². The fraction of sp³-hybridized carbons (Fsp3) is 0.176. The van der Waals surface area contributed by atoms with Gasteiger partial charge in [-0.15, -0.1) is 0 Å². The summed E-state index contributed by atoms with van der Waals surface area (Å²) in [5.74, 6) is 0.811. The van der Waals surface area contributed by atoms with Crippen molar-refractivity contribution in [2.24, 2.45) is 0 Å². The molecule has 4 nitrogen and oxygen atoms in total. The molecule has 1 heterocycles. The van der Waals surface area contributed by atoms with E-state index in [2.05, 4.69) is 5.32 Å². The fourth-order valence-corrected chi connectivity index (χ4v) is 1.92. The topological polar surface area (TPSA) is 66.0 Å². The number of furan rings is 1. The lowest BCUT2D eigenvalue weighted by molar-refractivity contribution is -0.117. The van der Waals surface area contributed by atoms with Gasteiger partial charge >= 0.3 is 0 Å². The molecule has 106 valence electrons. The van der Waals surface area contributed by atoms with Crippen molar-refractivity contribution in [2.75, 3.05) is 0 Å². The number of nitriles is 1. The van der Waals surface area contributed by atoms with Crippen molar-refractivity contribution >= 4 is 12.0 Å². The first-order valence-corrected chi connectivity index (χ1v) is 6.64. The molecule has 0 bridgehead atoms. The van der Waals surface area contributed by atoms with Gasteiger partial charge in [0.1, 0.15) is 23.2 Å². The number of aryl methyl sites for hydroxylation is 1. The summed E-state index contributed by atoms with van der Waals surface area (Å²) in [6.07, 6.45) is 1.44. The van der Waals surface area contributed by atoms with Crippen LogP contribution in [-0.4, -0.2) is 5.91 Å². The largest absolute Gasteiger partial charge is 0.462 e. The van der Waals surface area contributed by atoms with Crippen LogP contribution in [0.3, 0.4) is 0 Å². The third-order valence-corrected chi connectivity index (χ3v) is 3.06. The third kappa shape index (κ3) is 3.83. The maximum Gasteiger partial charge on any atom is 0.262 e. The molecule has 0 spiro atoms. The summed E-state index contributed by atoms with van der Waals surface area (Å²) in [6.45, 7) is 3.68. The molecule has 2 rings (SSSR count). The van der Waals surface area contributed by atoms with Gasteiger partial charge in [0.2, 0.25) is 0 Å². The number of carbonyl (C=O) groups is 1. The lowest BCUT2D eigenvalue weighted by atomic mass is 10.1. The number of nitrogens with one attached hydrogen (secondary N) is 1. The molecule has 0 unspecified atom stereocenters. The minimum atomic E-state index is -0.414. The predicted octanol–water partition coefficient (Wildman–Crippen LogP) is 3.37. The molecule has 21 heavy (non-hydrogen) atoms. The van der Waals surface area contributed by atoms with Crippen molar-refractivity contribution in [3.63, 3.8) is 0 Å². The summed E-state index contributed by atoms with van der Waals surface area (Å²) in [5.41, 5.74) is 1.00. The van der Waals surface area contributed by atoms with Crippen LogP contribution in [0.1, 0.15) is 30.0 Å². The fourth-order valence-electron chi connectivity index (χ4n) is 1.92. The van der Waals surface area contributed by atoms with Crippen molar-refractivity contribution in [2.45, 2.75) is 19.9 Å². The molecule has 1 atom stereocenters. The Labute approximate surface area is 123 Å². The maximum absolute atomic E-state index is 12.1. The van der Waals surface area contributed by atoms with Crippen molar-refractivity contribution in [3.8, 4) is 6.07 Å². The quantitative estimate of drug-likeness (QED) is 0.689. The van der Waals surface area contributed by atoms with E-state index >= 15 is 0 Å². The molecule has 1 N–H and O–H groups in total. The van der Waals surface area contributed by atoms with E-state index < -0.39 is 5.91 Å². The second-order valence-electron chi connectivity index (χ2n) is 4.72. The second kappa shape index (κ2) is 6.58. The van der Waals surface area contributed by atoms with Gasteiger partial charge in [-0.2, -0.15) is 5.26 Å². The van der Waals surface area contributed by atoms with E-state index in [1.807, 2.05) is 43.3 Å². The number of benzene rings is 1. The predicted molar refractivity (Wildman–Crippen MR) is 80.0 cm³/mol. The third-order valence-electron chi connectivity index (χ3n) is 3.06. The molecule has 0 saturated carbocycles. The Morgan fingerprint density at radius 2 is 2.00 bits per heavy atom. The zero-order valence-electron chi connectivity index (χ0n) is 12.0. The zero-order valence-corrected chi connectivity index (χ0v) is 12.0. The number of hydrogen-bond acceptors (Lipinski definition) is 3. The average molecular weight is 280 g/mol. The zero-order chi connectivity index (χ0) is 15.2. The highest BCUT2D eigenvalue weighted by Gasteiger charge is 2.14. The highest BCUT2D eigenvalue weighted by Crippen LogP contribution is 2.14. The highest BCUT2D eigenvalue weighted by atomic mass is 16.3. The Morgan fingerprint density at radius 3 is 2.57 bits per heavy atom. The molecule has 1 amide bonds. The second-order valence-corrected chi connectivity index (χ2v) is 4.72. The van der Waals surface area contributed by atoms with Crippen LogP contribution in [0.4, 0.5) is 0 Å². The smallest absolute Gasteiger partial charge is 0.262 e. The van der Waals surface area contributed by atoms with E-state index in [0.29, 0.717) is 5.76 Å². The minimum Gasteiger partial charge on any atom is -0.462 e. The van der Waals surface area contributed by atoms with Crippen molar-refractivity contribution < 1.29 is 9.21 Å². The summed E-state index contributed by atoms with van der Waals surface area (Å²) in [5, 5.41) is 11.9. The first-order valence-electron chi connectivity index (χ1n) is 6.64. The molecule has 0 saturated heterocycles. The average Bonchev–Trinajstić information content (AvgIpc) is 2.90. The summed E-state index contributed by atoms with van der Waals surface area (Å²) in [7, 11) is 0. The standard InChI is InChI=1S/C17H16N2O2/c1-12-8-9-16(21-12)10-15(11-18)17(20)19-13(2)14-6-4-3-5-7-14/h3-10,13H,1-2H3,(H,19,20)/b15-10+/t13-/m0/s1. The summed E-state index contributed by atoms with van der Waals surface area (Å²) in [4.78, 5) is 12.1. The van der Waals surface area contributed by atoms with Crippen LogP contribution in [0, 0.1) is 18.3 Å². The lowest BCUT2D eigenvalue weighted by Crippen LogP contribution is -2.27. The minimum absolute atomic E-state index is 0.0205. The lowest BCUT2D eigenvalue weighted by Gasteiger charge is -2.13. The SMILES string of the molecule is Cc1ccc(/C=C(\C#N)C(=O)N[C@@H](C)c2ccccc2)o1. The summed E-state index contributed by atoms with van der Waals surface area (Å²) >= 11 is 0. The van der Waals surface area contributed by atoms with Gasteiger partial charge in [0.15, 0.2) is 0 Å². The Balaban J connectivity index is 2.11. The molecular formula is C17H16N2O2. The van der Waals surface area contributed by atoms with Gasteiger partial charge in [-0.05, 0) is 31.5 Å². The molecule has 0 radical (unpaired) electrons.